The number of carbonyl (C=O) groups is 2. The van der Waals surface area contributed by atoms with Crippen LogP contribution in [0.5, 0.6) is 17.2 Å². The summed E-state index contributed by atoms with van der Waals surface area (Å²) in [4.78, 5) is 27.3. The quantitative estimate of drug-likeness (QED) is 0.198. The number of nitrogens with zero attached hydrogens (tertiary/aromatic N) is 1. The first-order valence-electron chi connectivity index (χ1n) is 11.1. The van der Waals surface area contributed by atoms with E-state index in [1.54, 1.807) is 43.3 Å². The van der Waals surface area contributed by atoms with Gasteiger partial charge in [0.15, 0.2) is 11.5 Å². The van der Waals surface area contributed by atoms with E-state index >= 15 is 0 Å². The third-order valence-electron chi connectivity index (χ3n) is 5.29. The average molecular weight is 472 g/mol. The minimum absolute atomic E-state index is 0.0557. The molecule has 1 heterocycles. The topological polar surface area (TPSA) is 126 Å². The van der Waals surface area contributed by atoms with Crippen LogP contribution in [-0.2, 0) is 14.3 Å². The van der Waals surface area contributed by atoms with Crippen molar-refractivity contribution in [2.45, 2.75) is 19.9 Å². The summed E-state index contributed by atoms with van der Waals surface area (Å²) in [5.74, 6) is -1.21. The lowest BCUT2D eigenvalue weighted by atomic mass is 9.95. The summed E-state index contributed by atoms with van der Waals surface area (Å²) in [6.45, 7) is 4.47. The van der Waals surface area contributed by atoms with E-state index in [0.29, 0.717) is 30.1 Å². The second-order valence-corrected chi connectivity index (χ2v) is 7.45. The van der Waals surface area contributed by atoms with Gasteiger partial charge in [0, 0.05) is 12.1 Å². The molecule has 1 aliphatic heterocycles. The Labute approximate surface area is 197 Å². The number of likely N-dealkylation sites (tertiary alicyclic amines) is 1. The first-order chi connectivity index (χ1) is 16.4. The number of hydrogen-bond donors (Lipinski definition) is 3. The van der Waals surface area contributed by atoms with Gasteiger partial charge in [-0.25, -0.2) is 0 Å². The van der Waals surface area contributed by atoms with Crippen LogP contribution in [0.1, 0.15) is 31.0 Å². The lowest BCUT2D eigenvalue weighted by Crippen LogP contribution is -2.33. The molecule has 0 aromatic heterocycles. The first-order valence-corrected chi connectivity index (χ1v) is 11.1. The fourth-order valence-electron chi connectivity index (χ4n) is 3.79. The largest absolute Gasteiger partial charge is 0.507 e. The second-order valence-electron chi connectivity index (χ2n) is 7.45. The molecule has 1 fully saturated rings. The molecule has 0 spiro atoms. The molecule has 0 saturated carbocycles. The maximum atomic E-state index is 13.1. The van der Waals surface area contributed by atoms with E-state index in [1.165, 1.54) is 11.0 Å². The monoisotopic (exact) mass is 471 g/mol. The molecule has 0 radical (unpaired) electrons. The normalized spacial score (nSPS) is 17.3. The molecule has 0 aliphatic carbocycles. The third kappa shape index (κ3) is 5.32. The summed E-state index contributed by atoms with van der Waals surface area (Å²) >= 11 is 0. The molecular formula is C25H29NO8. The predicted octanol–water partition coefficient (Wildman–Crippen LogP) is 2.62. The van der Waals surface area contributed by atoms with Gasteiger partial charge < -0.3 is 34.4 Å². The van der Waals surface area contributed by atoms with Gasteiger partial charge in [-0.15, -0.1) is 0 Å². The molecule has 1 saturated heterocycles. The van der Waals surface area contributed by atoms with Crippen molar-refractivity contribution in [3.63, 3.8) is 0 Å². The molecule has 1 atom stereocenters. The van der Waals surface area contributed by atoms with Gasteiger partial charge in [0.1, 0.15) is 11.5 Å². The van der Waals surface area contributed by atoms with Crippen LogP contribution < -0.4 is 9.47 Å². The van der Waals surface area contributed by atoms with Gasteiger partial charge in [-0.1, -0.05) is 6.07 Å². The lowest BCUT2D eigenvalue weighted by molar-refractivity contribution is -0.140. The Bertz CT molecular complexity index is 1050. The van der Waals surface area contributed by atoms with Crippen LogP contribution in [0, 0.1) is 0 Å². The van der Waals surface area contributed by atoms with Gasteiger partial charge in [-0.2, -0.15) is 0 Å². The van der Waals surface area contributed by atoms with Crippen LogP contribution in [-0.4, -0.2) is 71.5 Å². The average Bonchev–Trinajstić information content (AvgIpc) is 3.08. The van der Waals surface area contributed by atoms with Gasteiger partial charge in [-0.05, 0) is 55.8 Å². The summed E-state index contributed by atoms with van der Waals surface area (Å²) in [6, 6.07) is 10.2. The number of hydrogen-bond acceptors (Lipinski definition) is 8. The summed E-state index contributed by atoms with van der Waals surface area (Å²) in [7, 11) is 0. The summed E-state index contributed by atoms with van der Waals surface area (Å²) in [5.41, 5.74) is 0.756. The zero-order valence-electron chi connectivity index (χ0n) is 19.2. The minimum Gasteiger partial charge on any atom is -0.507 e. The number of aromatic hydroxyl groups is 1. The molecule has 34 heavy (non-hydrogen) atoms. The Hall–Kier alpha value is -3.56. The number of aliphatic hydroxyl groups is 2. The van der Waals surface area contributed by atoms with Crippen LogP contribution in [0.2, 0.25) is 0 Å². The zero-order chi connectivity index (χ0) is 24.7. The van der Waals surface area contributed by atoms with Gasteiger partial charge >= 0.3 is 0 Å². The van der Waals surface area contributed by atoms with Crippen molar-refractivity contribution in [3.8, 4) is 17.2 Å². The van der Waals surface area contributed by atoms with E-state index in [9.17, 15) is 19.8 Å². The molecule has 1 unspecified atom stereocenters. The van der Waals surface area contributed by atoms with Crippen LogP contribution >= 0.6 is 0 Å². The van der Waals surface area contributed by atoms with Crippen molar-refractivity contribution in [2.24, 2.45) is 0 Å². The van der Waals surface area contributed by atoms with Crippen molar-refractivity contribution in [1.29, 1.82) is 0 Å². The van der Waals surface area contributed by atoms with E-state index in [0.717, 1.165) is 0 Å². The van der Waals surface area contributed by atoms with E-state index < -0.39 is 17.7 Å². The summed E-state index contributed by atoms with van der Waals surface area (Å²) < 4.78 is 16.2. The summed E-state index contributed by atoms with van der Waals surface area (Å²) in [5, 5.41) is 30.2. The number of ketones is 1. The minimum atomic E-state index is -0.927. The third-order valence-corrected chi connectivity index (χ3v) is 5.29. The Kier molecular flexibility index (Phi) is 8.50. The maximum absolute atomic E-state index is 13.1. The van der Waals surface area contributed by atoms with Crippen LogP contribution in [0.3, 0.4) is 0 Å². The second kappa shape index (κ2) is 11.5. The highest BCUT2D eigenvalue weighted by atomic mass is 16.5. The van der Waals surface area contributed by atoms with E-state index in [-0.39, 0.29) is 49.2 Å². The van der Waals surface area contributed by atoms with Crippen molar-refractivity contribution < 1.29 is 39.1 Å². The SMILES string of the molecule is CCOc1ccc(/C(O)=C2/C(=O)C(=O)N(CCOCCO)C2c2ccc(O)c(OCC)c2)cc1. The van der Waals surface area contributed by atoms with Crippen molar-refractivity contribution in [3.05, 3.63) is 59.2 Å². The standard InChI is InChI=1S/C25H29NO8/c1-3-33-18-8-5-16(6-9-18)23(29)21-22(17-7-10-19(28)20(15-17)34-4-2)26(25(31)24(21)30)11-13-32-14-12-27/h5-10,15,22,27-29H,3-4,11-14H2,1-2H3/b23-21-. The first kappa shape index (κ1) is 25.1. The van der Waals surface area contributed by atoms with E-state index in [4.69, 9.17) is 19.3 Å². The van der Waals surface area contributed by atoms with Gasteiger partial charge in [0.05, 0.1) is 44.6 Å². The van der Waals surface area contributed by atoms with Crippen LogP contribution in [0.25, 0.3) is 5.76 Å². The summed E-state index contributed by atoms with van der Waals surface area (Å²) in [6.07, 6.45) is 0. The maximum Gasteiger partial charge on any atom is 0.295 e. The van der Waals surface area contributed by atoms with Crippen molar-refractivity contribution in [1.82, 2.24) is 4.90 Å². The number of benzene rings is 2. The number of aliphatic hydroxyl groups excluding tert-OH is 2. The Morgan fingerprint density at radius 1 is 1.00 bits per heavy atom. The highest BCUT2D eigenvalue weighted by Crippen LogP contribution is 2.41. The number of carbonyl (C=O) groups excluding carboxylic acids is 2. The number of phenolic OH excluding ortho intramolecular Hbond substituents is 1. The predicted molar refractivity (Wildman–Crippen MR) is 124 cm³/mol. The molecule has 9 heteroatoms. The molecule has 182 valence electrons. The van der Waals surface area contributed by atoms with Gasteiger partial charge in [0.25, 0.3) is 11.7 Å². The molecule has 2 aromatic carbocycles. The zero-order valence-corrected chi connectivity index (χ0v) is 19.2. The fourth-order valence-corrected chi connectivity index (χ4v) is 3.79. The Morgan fingerprint density at radius 2 is 1.71 bits per heavy atom. The Morgan fingerprint density at radius 3 is 2.35 bits per heavy atom. The smallest absolute Gasteiger partial charge is 0.295 e. The number of rotatable bonds is 11. The molecule has 1 aliphatic rings. The van der Waals surface area contributed by atoms with E-state index in [1.807, 2.05) is 6.92 Å². The molecule has 3 N–H and O–H groups in total. The molecule has 2 aromatic rings. The number of phenols is 1. The van der Waals surface area contributed by atoms with Crippen LogP contribution in [0.4, 0.5) is 0 Å². The number of ether oxygens (including phenoxy) is 3. The molecule has 9 nitrogen and oxygen atoms in total. The molecule has 3 rings (SSSR count). The van der Waals surface area contributed by atoms with Gasteiger partial charge in [-0.3, -0.25) is 9.59 Å². The number of amides is 1. The van der Waals surface area contributed by atoms with Crippen molar-refractivity contribution >= 4 is 17.4 Å². The van der Waals surface area contributed by atoms with E-state index in [2.05, 4.69) is 0 Å². The highest BCUT2D eigenvalue weighted by molar-refractivity contribution is 6.46. The lowest BCUT2D eigenvalue weighted by Gasteiger charge is -2.25. The molecule has 1 amide bonds. The van der Waals surface area contributed by atoms with Crippen molar-refractivity contribution in [2.75, 3.05) is 39.6 Å². The molecular weight excluding hydrogens is 442 g/mol. The molecule has 0 bridgehead atoms. The Balaban J connectivity index is 2.08. The highest BCUT2D eigenvalue weighted by Gasteiger charge is 2.46. The van der Waals surface area contributed by atoms with Gasteiger partial charge in [0.2, 0.25) is 0 Å². The fraction of sp³-hybridized carbons (Fsp3) is 0.360. The van der Waals surface area contributed by atoms with Crippen LogP contribution in [0.15, 0.2) is 48.0 Å². The number of Topliss-reactive ketones (excluding diaryl/α,β-unsaturated/α-hetero) is 1.